The molecule has 0 saturated carbocycles. The van der Waals surface area contributed by atoms with Crippen LogP contribution in [0.5, 0.6) is 11.5 Å². The maximum absolute atomic E-state index is 12.5. The molecule has 0 unspecified atom stereocenters. The van der Waals surface area contributed by atoms with Crippen LogP contribution in [0.25, 0.3) is 0 Å². The molecule has 0 fully saturated rings. The number of benzene rings is 2. The van der Waals surface area contributed by atoms with Crippen molar-refractivity contribution in [3.63, 3.8) is 0 Å². The van der Waals surface area contributed by atoms with E-state index in [2.05, 4.69) is 4.72 Å². The smallest absolute Gasteiger partial charge is 0.330 e. The van der Waals surface area contributed by atoms with E-state index in [4.69, 9.17) is 4.74 Å². The zero-order valence-electron chi connectivity index (χ0n) is 15.3. The molecule has 3 rings (SSSR count). The van der Waals surface area contributed by atoms with Gasteiger partial charge in [-0.15, -0.1) is 0 Å². The van der Waals surface area contributed by atoms with Gasteiger partial charge >= 0.3 is 5.69 Å². The minimum absolute atomic E-state index is 0.0433. The molecule has 1 aromatic heterocycles. The van der Waals surface area contributed by atoms with Crippen LogP contribution in [0, 0.1) is 0 Å². The maximum Gasteiger partial charge on any atom is 0.330 e. The summed E-state index contributed by atoms with van der Waals surface area (Å²) < 4.78 is 35.2. The predicted octanol–water partition coefficient (Wildman–Crippen LogP) is 1.35. The van der Waals surface area contributed by atoms with E-state index in [1.54, 1.807) is 24.3 Å². The normalized spacial score (nSPS) is 11.4. The number of nitrogens with one attached hydrogen (secondary N) is 1. The third-order valence-electron chi connectivity index (χ3n) is 4.18. The molecule has 0 aliphatic carbocycles. The summed E-state index contributed by atoms with van der Waals surface area (Å²) in [5, 5.41) is 0. The second kappa shape index (κ2) is 7.83. The van der Waals surface area contributed by atoms with Crippen molar-refractivity contribution in [2.45, 2.75) is 11.4 Å². The molecule has 0 atom stereocenters. The molecule has 3 aromatic rings. The van der Waals surface area contributed by atoms with Crippen LogP contribution in [0.3, 0.4) is 0 Å². The minimum atomic E-state index is -3.83. The molecular weight excluding hydrogens is 382 g/mol. The number of hydrogen-bond donors (Lipinski definition) is 1. The van der Waals surface area contributed by atoms with E-state index in [1.807, 2.05) is 18.2 Å². The van der Waals surface area contributed by atoms with Crippen molar-refractivity contribution in [1.29, 1.82) is 0 Å². The van der Waals surface area contributed by atoms with Crippen molar-refractivity contribution in [2.24, 2.45) is 14.1 Å². The van der Waals surface area contributed by atoms with Gasteiger partial charge in [-0.1, -0.05) is 18.2 Å². The van der Waals surface area contributed by atoms with E-state index < -0.39 is 21.3 Å². The summed E-state index contributed by atoms with van der Waals surface area (Å²) in [6.45, 7) is -0.188. The summed E-state index contributed by atoms with van der Waals surface area (Å²) in [5.74, 6) is 1.14. The lowest BCUT2D eigenvalue weighted by Crippen LogP contribution is -2.39. The monoisotopic (exact) mass is 401 g/mol. The molecule has 0 saturated heterocycles. The third-order valence-corrected chi connectivity index (χ3v) is 5.60. The predicted molar refractivity (Wildman–Crippen MR) is 104 cm³/mol. The zero-order valence-corrected chi connectivity index (χ0v) is 16.1. The minimum Gasteiger partial charge on any atom is -0.457 e. The number of hydrogen-bond acceptors (Lipinski definition) is 5. The second-order valence-electron chi connectivity index (χ2n) is 6.09. The molecule has 1 heterocycles. The highest BCUT2D eigenvalue weighted by Gasteiger charge is 2.15. The van der Waals surface area contributed by atoms with Crippen molar-refractivity contribution in [3.05, 3.63) is 87.2 Å². The zero-order chi connectivity index (χ0) is 20.3. The molecule has 146 valence electrons. The Kier molecular flexibility index (Phi) is 5.48. The summed E-state index contributed by atoms with van der Waals surface area (Å²) in [4.78, 5) is 23.7. The van der Waals surface area contributed by atoms with Gasteiger partial charge in [0, 0.05) is 25.9 Å². The van der Waals surface area contributed by atoms with Crippen LogP contribution in [0.4, 0.5) is 0 Å². The fourth-order valence-electron chi connectivity index (χ4n) is 2.51. The Labute approximate surface area is 161 Å². The van der Waals surface area contributed by atoms with Crippen LogP contribution in [-0.4, -0.2) is 17.6 Å². The first kappa shape index (κ1) is 19.6. The van der Waals surface area contributed by atoms with Crippen molar-refractivity contribution in [1.82, 2.24) is 13.9 Å². The topological polar surface area (TPSA) is 99.4 Å². The van der Waals surface area contributed by atoms with Crippen molar-refractivity contribution >= 4 is 10.0 Å². The Morgan fingerprint density at radius 3 is 2.14 bits per heavy atom. The van der Waals surface area contributed by atoms with E-state index in [-0.39, 0.29) is 17.1 Å². The summed E-state index contributed by atoms with van der Waals surface area (Å²) >= 11 is 0. The number of sulfonamides is 1. The van der Waals surface area contributed by atoms with E-state index >= 15 is 0 Å². The van der Waals surface area contributed by atoms with E-state index in [1.165, 1.54) is 36.9 Å². The van der Waals surface area contributed by atoms with Crippen molar-refractivity contribution < 1.29 is 13.2 Å². The maximum atomic E-state index is 12.5. The Morgan fingerprint density at radius 2 is 1.50 bits per heavy atom. The van der Waals surface area contributed by atoms with E-state index in [0.29, 0.717) is 11.5 Å². The number of nitrogens with zero attached hydrogens (tertiary/aromatic N) is 2. The molecule has 0 radical (unpaired) electrons. The Hall–Kier alpha value is -3.17. The molecule has 8 nitrogen and oxygen atoms in total. The van der Waals surface area contributed by atoms with Gasteiger partial charge in [0.25, 0.3) is 5.56 Å². The van der Waals surface area contributed by atoms with Crippen LogP contribution in [0.15, 0.2) is 75.1 Å². The quantitative estimate of drug-likeness (QED) is 0.672. The van der Waals surface area contributed by atoms with Crippen molar-refractivity contribution in [3.8, 4) is 11.5 Å². The number of ether oxygens (including phenoxy) is 1. The fraction of sp³-hybridized carbons (Fsp3) is 0.158. The molecule has 28 heavy (non-hydrogen) atoms. The first-order valence-corrected chi connectivity index (χ1v) is 9.85. The van der Waals surface area contributed by atoms with Crippen molar-refractivity contribution in [2.75, 3.05) is 0 Å². The summed E-state index contributed by atoms with van der Waals surface area (Å²) in [6, 6.07) is 16.3. The Balaban J connectivity index is 1.75. The highest BCUT2D eigenvalue weighted by molar-refractivity contribution is 7.89. The lowest BCUT2D eigenvalue weighted by molar-refractivity contribution is 0.482. The summed E-state index contributed by atoms with van der Waals surface area (Å²) in [7, 11) is -0.998. The van der Waals surface area contributed by atoms with E-state index in [9.17, 15) is 18.0 Å². The third kappa shape index (κ3) is 4.21. The number of rotatable bonds is 6. The molecule has 0 aliphatic rings. The number of aromatic nitrogens is 2. The molecule has 9 heteroatoms. The lowest BCUT2D eigenvalue weighted by Gasteiger charge is -2.11. The highest BCUT2D eigenvalue weighted by atomic mass is 32.2. The van der Waals surface area contributed by atoms with E-state index in [0.717, 1.165) is 4.57 Å². The van der Waals surface area contributed by atoms with Crippen LogP contribution < -0.4 is 20.7 Å². The van der Waals surface area contributed by atoms with Gasteiger partial charge in [0.05, 0.1) is 11.4 Å². The fourth-order valence-corrected chi connectivity index (χ4v) is 3.51. The van der Waals surface area contributed by atoms with Gasteiger partial charge in [0.1, 0.15) is 11.5 Å². The Bertz CT molecular complexity index is 1200. The SMILES string of the molecule is Cn1c(CNS(=O)(=O)c2ccc(Oc3ccccc3)cc2)cc(=O)n(C)c1=O. The highest BCUT2D eigenvalue weighted by Crippen LogP contribution is 2.22. The summed E-state index contributed by atoms with van der Waals surface area (Å²) in [5.41, 5.74) is -0.760. The first-order valence-electron chi connectivity index (χ1n) is 8.36. The molecular formula is C19H19N3O5S. The van der Waals surface area contributed by atoms with Crippen LogP contribution in [0.1, 0.15) is 5.69 Å². The van der Waals surface area contributed by atoms with Crippen LogP contribution in [0.2, 0.25) is 0 Å². The first-order chi connectivity index (χ1) is 13.3. The second-order valence-corrected chi connectivity index (χ2v) is 7.85. The van der Waals surface area contributed by atoms with Gasteiger partial charge in [-0.3, -0.25) is 13.9 Å². The molecule has 0 amide bonds. The largest absolute Gasteiger partial charge is 0.457 e. The average Bonchev–Trinajstić information content (AvgIpc) is 2.69. The van der Waals surface area contributed by atoms with Gasteiger partial charge in [-0.25, -0.2) is 17.9 Å². The molecule has 0 spiro atoms. The molecule has 0 bridgehead atoms. The average molecular weight is 401 g/mol. The van der Waals surface area contributed by atoms with Gasteiger partial charge in [0.15, 0.2) is 0 Å². The van der Waals surface area contributed by atoms with Crippen LogP contribution >= 0.6 is 0 Å². The van der Waals surface area contributed by atoms with Gasteiger partial charge < -0.3 is 4.74 Å². The van der Waals surface area contributed by atoms with Gasteiger partial charge in [-0.2, -0.15) is 0 Å². The lowest BCUT2D eigenvalue weighted by atomic mass is 10.3. The summed E-state index contributed by atoms with van der Waals surface area (Å²) in [6.07, 6.45) is 0. The number of para-hydroxylation sites is 1. The Morgan fingerprint density at radius 1 is 0.893 bits per heavy atom. The van der Waals surface area contributed by atoms with Gasteiger partial charge in [-0.05, 0) is 36.4 Å². The molecule has 0 aliphatic heterocycles. The molecule has 2 aromatic carbocycles. The molecule has 1 N–H and O–H groups in total. The van der Waals surface area contributed by atoms with Crippen LogP contribution in [-0.2, 0) is 30.7 Å². The van der Waals surface area contributed by atoms with Gasteiger partial charge in [0.2, 0.25) is 10.0 Å². The standard InChI is InChI=1S/C19H19N3O5S/c1-21-14(12-18(23)22(2)19(21)24)13-20-28(25,26)17-10-8-16(9-11-17)27-15-6-4-3-5-7-15/h3-12,20H,13H2,1-2H3.